The molecule has 1 heterocycles. The van der Waals surface area contributed by atoms with E-state index < -0.39 is 18.2 Å². The van der Waals surface area contributed by atoms with E-state index in [-0.39, 0.29) is 12.5 Å². The van der Waals surface area contributed by atoms with Crippen molar-refractivity contribution in [3.05, 3.63) is 60.7 Å². The van der Waals surface area contributed by atoms with Crippen molar-refractivity contribution in [2.75, 3.05) is 16.4 Å². The number of nitrogens with zero attached hydrogens (tertiary/aromatic N) is 2. The first kappa shape index (κ1) is 16.1. The van der Waals surface area contributed by atoms with Gasteiger partial charge in [0.15, 0.2) is 0 Å². The quantitative estimate of drug-likeness (QED) is 0.812. The molecule has 0 saturated carbocycles. The zero-order valence-electron chi connectivity index (χ0n) is 13.8. The van der Waals surface area contributed by atoms with Crippen molar-refractivity contribution in [2.45, 2.75) is 26.1 Å². The number of benzene rings is 2. The Bertz CT molecular complexity index is 718. The Morgan fingerprint density at radius 2 is 1.54 bits per heavy atom. The number of carbonyl (C=O) groups is 2. The number of hydrogen-bond donors (Lipinski definition) is 0. The summed E-state index contributed by atoms with van der Waals surface area (Å²) in [7, 11) is 0. The molecule has 0 spiro atoms. The summed E-state index contributed by atoms with van der Waals surface area (Å²) in [5.41, 5.74) is 1.50. The number of amides is 1. The monoisotopic (exact) mass is 324 g/mol. The lowest BCUT2D eigenvalue weighted by Crippen LogP contribution is -2.47. The van der Waals surface area contributed by atoms with Crippen LogP contribution in [0, 0.1) is 0 Å². The minimum absolute atomic E-state index is 0.122. The van der Waals surface area contributed by atoms with E-state index in [4.69, 9.17) is 4.74 Å². The smallest absolute Gasteiger partial charge is 0.350 e. The van der Waals surface area contributed by atoms with Crippen LogP contribution in [0.3, 0.4) is 0 Å². The van der Waals surface area contributed by atoms with Gasteiger partial charge in [-0.3, -0.25) is 9.69 Å². The zero-order chi connectivity index (χ0) is 17.1. The first-order valence-corrected chi connectivity index (χ1v) is 8.03. The summed E-state index contributed by atoms with van der Waals surface area (Å²) in [5.74, 6) is -0.550. The van der Waals surface area contributed by atoms with E-state index in [1.54, 1.807) is 6.92 Å². The highest BCUT2D eigenvalue weighted by Gasteiger charge is 2.49. The highest BCUT2D eigenvalue weighted by Crippen LogP contribution is 2.33. The Labute approximate surface area is 141 Å². The maximum Gasteiger partial charge on any atom is 0.350 e. The molecule has 0 radical (unpaired) electrons. The second-order valence-electron chi connectivity index (χ2n) is 5.59. The van der Waals surface area contributed by atoms with Gasteiger partial charge < -0.3 is 9.64 Å². The second kappa shape index (κ2) is 6.74. The van der Waals surface area contributed by atoms with Crippen LogP contribution in [0.4, 0.5) is 11.4 Å². The molecule has 5 nitrogen and oxygen atoms in total. The van der Waals surface area contributed by atoms with Gasteiger partial charge >= 0.3 is 5.97 Å². The first-order chi connectivity index (χ1) is 11.6. The molecule has 1 aliphatic heterocycles. The Hall–Kier alpha value is -2.82. The Morgan fingerprint density at radius 1 is 1.00 bits per heavy atom. The molecular weight excluding hydrogens is 304 g/mol. The number of anilines is 2. The van der Waals surface area contributed by atoms with E-state index >= 15 is 0 Å². The first-order valence-electron chi connectivity index (χ1n) is 8.03. The van der Waals surface area contributed by atoms with Crippen molar-refractivity contribution in [1.29, 1.82) is 0 Å². The van der Waals surface area contributed by atoms with E-state index in [0.29, 0.717) is 5.69 Å². The van der Waals surface area contributed by atoms with Crippen LogP contribution in [-0.2, 0) is 14.3 Å². The van der Waals surface area contributed by atoms with Crippen LogP contribution in [0.2, 0.25) is 0 Å². The fourth-order valence-corrected chi connectivity index (χ4v) is 3.03. The van der Waals surface area contributed by atoms with E-state index in [1.807, 2.05) is 72.5 Å². The lowest BCUT2D eigenvalue weighted by Gasteiger charge is -2.30. The SMILES string of the molecule is CCOC(=O)C1N(c2ccccc2)C(=O)C(C)N1c1ccccc1. The van der Waals surface area contributed by atoms with Crippen molar-refractivity contribution in [3.63, 3.8) is 0 Å². The highest BCUT2D eigenvalue weighted by atomic mass is 16.5. The van der Waals surface area contributed by atoms with Crippen LogP contribution in [0.25, 0.3) is 0 Å². The summed E-state index contributed by atoms with van der Waals surface area (Å²) in [6.45, 7) is 3.84. The molecular formula is C19H20N2O3. The molecule has 2 aromatic rings. The zero-order valence-corrected chi connectivity index (χ0v) is 13.8. The molecule has 24 heavy (non-hydrogen) atoms. The van der Waals surface area contributed by atoms with Crippen LogP contribution in [0.15, 0.2) is 60.7 Å². The van der Waals surface area contributed by atoms with Crippen LogP contribution < -0.4 is 9.80 Å². The molecule has 0 bridgehead atoms. The van der Waals surface area contributed by atoms with Crippen molar-refractivity contribution in [1.82, 2.24) is 0 Å². The predicted molar refractivity (Wildman–Crippen MR) is 92.7 cm³/mol. The van der Waals surface area contributed by atoms with Crippen LogP contribution >= 0.6 is 0 Å². The molecule has 1 saturated heterocycles. The molecule has 2 unspecified atom stereocenters. The lowest BCUT2D eigenvalue weighted by molar-refractivity contribution is -0.144. The average molecular weight is 324 g/mol. The van der Waals surface area contributed by atoms with Crippen LogP contribution in [0.5, 0.6) is 0 Å². The van der Waals surface area contributed by atoms with Gasteiger partial charge in [0.05, 0.1) is 6.61 Å². The van der Waals surface area contributed by atoms with E-state index in [2.05, 4.69) is 0 Å². The summed E-state index contributed by atoms with van der Waals surface area (Å²) in [4.78, 5) is 28.9. The third kappa shape index (κ3) is 2.73. The van der Waals surface area contributed by atoms with Gasteiger partial charge in [0.1, 0.15) is 6.04 Å². The Morgan fingerprint density at radius 3 is 2.08 bits per heavy atom. The van der Waals surface area contributed by atoms with Crippen molar-refractivity contribution in [3.8, 4) is 0 Å². The van der Waals surface area contributed by atoms with Gasteiger partial charge in [0, 0.05) is 11.4 Å². The minimum atomic E-state index is -0.808. The van der Waals surface area contributed by atoms with Crippen LogP contribution in [0.1, 0.15) is 13.8 Å². The topological polar surface area (TPSA) is 49.9 Å². The molecule has 1 fully saturated rings. The fraction of sp³-hybridized carbons (Fsp3) is 0.263. The summed E-state index contributed by atoms with van der Waals surface area (Å²) >= 11 is 0. The number of esters is 1. The number of rotatable bonds is 4. The van der Waals surface area contributed by atoms with Crippen molar-refractivity contribution in [2.24, 2.45) is 0 Å². The van der Waals surface area contributed by atoms with Crippen molar-refractivity contribution < 1.29 is 14.3 Å². The highest BCUT2D eigenvalue weighted by molar-refractivity contribution is 6.09. The standard InChI is InChI=1S/C19H20N2O3/c1-3-24-19(23)17-20(15-10-6-4-7-11-15)14(2)18(22)21(17)16-12-8-5-9-13-16/h4-14,17H,3H2,1-2H3. The van der Waals surface area contributed by atoms with Gasteiger partial charge in [0.2, 0.25) is 6.17 Å². The third-order valence-corrected chi connectivity index (χ3v) is 4.11. The van der Waals surface area contributed by atoms with Gasteiger partial charge in [-0.05, 0) is 38.1 Å². The molecule has 0 aliphatic carbocycles. The Kier molecular flexibility index (Phi) is 4.51. The number of para-hydroxylation sites is 2. The molecule has 0 aromatic heterocycles. The number of hydrogen-bond acceptors (Lipinski definition) is 4. The van der Waals surface area contributed by atoms with Gasteiger partial charge in [-0.25, -0.2) is 4.79 Å². The largest absolute Gasteiger partial charge is 0.463 e. The molecule has 2 atom stereocenters. The van der Waals surface area contributed by atoms with Gasteiger partial charge in [-0.1, -0.05) is 36.4 Å². The molecule has 3 rings (SSSR count). The summed E-state index contributed by atoms with van der Waals surface area (Å²) in [5, 5.41) is 0. The molecule has 0 N–H and O–H groups in total. The van der Waals surface area contributed by atoms with Crippen LogP contribution in [-0.4, -0.2) is 30.7 Å². The molecule has 1 aliphatic rings. The normalized spacial score (nSPS) is 20.3. The molecule has 124 valence electrons. The van der Waals surface area contributed by atoms with Gasteiger partial charge in [0.25, 0.3) is 5.91 Å². The van der Waals surface area contributed by atoms with E-state index in [1.165, 1.54) is 4.90 Å². The third-order valence-electron chi connectivity index (χ3n) is 4.11. The number of carbonyl (C=O) groups excluding carboxylic acids is 2. The summed E-state index contributed by atoms with van der Waals surface area (Å²) < 4.78 is 5.25. The maximum absolute atomic E-state index is 12.9. The lowest BCUT2D eigenvalue weighted by atomic mass is 10.2. The number of ether oxygens (including phenoxy) is 1. The molecule has 2 aromatic carbocycles. The van der Waals surface area contributed by atoms with Crippen molar-refractivity contribution >= 4 is 23.3 Å². The average Bonchev–Trinajstić information content (AvgIpc) is 2.88. The van der Waals surface area contributed by atoms with E-state index in [0.717, 1.165) is 5.69 Å². The van der Waals surface area contributed by atoms with E-state index in [9.17, 15) is 9.59 Å². The second-order valence-corrected chi connectivity index (χ2v) is 5.59. The summed E-state index contributed by atoms with van der Waals surface area (Å²) in [6, 6.07) is 18.2. The predicted octanol–water partition coefficient (Wildman–Crippen LogP) is 2.82. The maximum atomic E-state index is 12.9. The van der Waals surface area contributed by atoms with Gasteiger partial charge in [-0.2, -0.15) is 0 Å². The minimum Gasteiger partial charge on any atom is -0.463 e. The van der Waals surface area contributed by atoms with Gasteiger partial charge in [-0.15, -0.1) is 0 Å². The molecule has 1 amide bonds. The molecule has 5 heteroatoms. The Balaban J connectivity index is 2.08. The summed E-state index contributed by atoms with van der Waals surface area (Å²) in [6.07, 6.45) is -0.808. The fourth-order valence-electron chi connectivity index (χ4n) is 3.03.